The summed E-state index contributed by atoms with van der Waals surface area (Å²) in [6.45, 7) is -1.98. The number of halogens is 3. The molecule has 0 aromatic rings. The molecule has 1 rings (SSSR count). The zero-order chi connectivity index (χ0) is 16.1. The van der Waals surface area contributed by atoms with Crippen molar-refractivity contribution < 1.29 is 36.2 Å². The summed E-state index contributed by atoms with van der Waals surface area (Å²) in [7, 11) is -3.82. The Morgan fingerprint density at radius 1 is 1.33 bits per heavy atom. The molecule has 1 aliphatic rings. The number of carboxylic acids is 1. The smallest absolute Gasteiger partial charge is 0.411 e. The van der Waals surface area contributed by atoms with E-state index in [0.717, 1.165) is 4.31 Å². The Kier molecular flexibility index (Phi) is 6.38. The largest absolute Gasteiger partial charge is 0.481 e. The maximum atomic E-state index is 11.8. The van der Waals surface area contributed by atoms with Gasteiger partial charge in [-0.2, -0.15) is 30.6 Å². The van der Waals surface area contributed by atoms with E-state index in [1.807, 2.05) is 0 Å². The zero-order valence-corrected chi connectivity index (χ0v) is 11.9. The summed E-state index contributed by atoms with van der Waals surface area (Å²) in [6, 6.07) is 0. The first kappa shape index (κ1) is 18.1. The van der Waals surface area contributed by atoms with Crippen molar-refractivity contribution in [1.29, 1.82) is 0 Å². The van der Waals surface area contributed by atoms with Crippen molar-refractivity contribution in [2.24, 2.45) is 5.92 Å². The van der Waals surface area contributed by atoms with Gasteiger partial charge in [-0.1, -0.05) is 0 Å². The van der Waals surface area contributed by atoms with Gasteiger partial charge >= 0.3 is 12.1 Å². The highest BCUT2D eigenvalue weighted by atomic mass is 32.2. The molecule has 1 aliphatic heterocycles. The summed E-state index contributed by atoms with van der Waals surface area (Å²) in [5, 5.41) is 8.80. The molecule has 0 aromatic heterocycles. The number of carboxylic acid groups (broad SMARTS) is 1. The summed E-state index contributed by atoms with van der Waals surface area (Å²) in [5.41, 5.74) is 0. The van der Waals surface area contributed by atoms with Crippen LogP contribution < -0.4 is 4.72 Å². The minimum absolute atomic E-state index is 0.0652. The molecule has 11 heteroatoms. The average molecular weight is 334 g/mol. The highest BCUT2D eigenvalue weighted by Crippen LogP contribution is 2.19. The molecule has 0 aromatic carbocycles. The van der Waals surface area contributed by atoms with Gasteiger partial charge in [0.05, 0.1) is 12.5 Å². The second kappa shape index (κ2) is 7.38. The van der Waals surface area contributed by atoms with Crippen LogP contribution in [0.15, 0.2) is 0 Å². The number of hydrogen-bond donors (Lipinski definition) is 2. The molecule has 0 aliphatic carbocycles. The number of carbonyl (C=O) groups is 1. The Labute approximate surface area is 120 Å². The van der Waals surface area contributed by atoms with Gasteiger partial charge < -0.3 is 9.84 Å². The first-order valence-corrected chi connectivity index (χ1v) is 7.68. The highest BCUT2D eigenvalue weighted by molar-refractivity contribution is 7.87. The number of piperidine rings is 1. The molecule has 1 heterocycles. The molecule has 0 spiro atoms. The molecule has 0 unspecified atom stereocenters. The minimum Gasteiger partial charge on any atom is -0.481 e. The van der Waals surface area contributed by atoms with Crippen LogP contribution in [0.2, 0.25) is 0 Å². The quantitative estimate of drug-likeness (QED) is 0.648. The maximum absolute atomic E-state index is 11.8. The van der Waals surface area contributed by atoms with Crippen molar-refractivity contribution in [3.63, 3.8) is 0 Å². The predicted octanol–water partition coefficient (Wildman–Crippen LogP) is 0.196. The number of rotatable bonds is 7. The van der Waals surface area contributed by atoms with Crippen molar-refractivity contribution in [1.82, 2.24) is 9.03 Å². The zero-order valence-electron chi connectivity index (χ0n) is 11.1. The lowest BCUT2D eigenvalue weighted by Gasteiger charge is -2.29. The molecule has 124 valence electrons. The Bertz CT molecular complexity index is 446. The normalized spacial score (nSPS) is 18.8. The van der Waals surface area contributed by atoms with Gasteiger partial charge in [-0.05, 0) is 12.8 Å². The van der Waals surface area contributed by atoms with Gasteiger partial charge in [-0.3, -0.25) is 4.79 Å². The van der Waals surface area contributed by atoms with Crippen LogP contribution in [0.4, 0.5) is 13.2 Å². The number of aliphatic carboxylic acids is 1. The standard InChI is InChI=1S/C10H17F3N2O5S/c11-10(12,13)7-20-6-3-14-21(18,19)15-4-1-8(2-5-15)9(16)17/h8,14H,1-7H2,(H,16,17). The SMILES string of the molecule is O=C(O)C1CCN(S(=O)(=O)NCCOCC(F)(F)F)CC1. The summed E-state index contributed by atoms with van der Waals surface area (Å²) >= 11 is 0. The van der Waals surface area contributed by atoms with E-state index in [9.17, 15) is 26.4 Å². The molecule has 0 radical (unpaired) electrons. The van der Waals surface area contributed by atoms with Gasteiger partial charge in [-0.15, -0.1) is 0 Å². The molecular formula is C10H17F3N2O5S. The Morgan fingerprint density at radius 3 is 2.38 bits per heavy atom. The molecule has 0 amide bonds. The predicted molar refractivity (Wildman–Crippen MR) is 65.7 cm³/mol. The third-order valence-corrected chi connectivity index (χ3v) is 4.55. The third kappa shape index (κ3) is 6.59. The van der Waals surface area contributed by atoms with Crippen LogP contribution in [0.3, 0.4) is 0 Å². The van der Waals surface area contributed by atoms with Crippen LogP contribution >= 0.6 is 0 Å². The van der Waals surface area contributed by atoms with Crippen LogP contribution in [0, 0.1) is 5.92 Å². The van der Waals surface area contributed by atoms with Gasteiger partial charge in [0.15, 0.2) is 0 Å². The van der Waals surface area contributed by atoms with E-state index in [0.29, 0.717) is 0 Å². The van der Waals surface area contributed by atoms with Gasteiger partial charge in [0, 0.05) is 19.6 Å². The Morgan fingerprint density at radius 2 is 1.90 bits per heavy atom. The molecule has 0 saturated carbocycles. The number of ether oxygens (including phenoxy) is 1. The number of nitrogens with one attached hydrogen (secondary N) is 1. The van der Waals surface area contributed by atoms with E-state index in [1.54, 1.807) is 0 Å². The first-order valence-electron chi connectivity index (χ1n) is 6.24. The van der Waals surface area contributed by atoms with E-state index in [1.165, 1.54) is 0 Å². The van der Waals surface area contributed by atoms with Gasteiger partial charge in [-0.25, -0.2) is 0 Å². The van der Waals surface area contributed by atoms with E-state index in [2.05, 4.69) is 9.46 Å². The second-order valence-electron chi connectivity index (χ2n) is 4.58. The lowest BCUT2D eigenvalue weighted by molar-refractivity contribution is -0.173. The first-order chi connectivity index (χ1) is 9.62. The number of hydrogen-bond acceptors (Lipinski definition) is 4. The van der Waals surface area contributed by atoms with Crippen molar-refractivity contribution in [2.45, 2.75) is 19.0 Å². The highest BCUT2D eigenvalue weighted by Gasteiger charge is 2.31. The summed E-state index contributed by atoms with van der Waals surface area (Å²) in [4.78, 5) is 10.7. The van der Waals surface area contributed by atoms with Crippen molar-refractivity contribution in [3.05, 3.63) is 0 Å². The second-order valence-corrected chi connectivity index (χ2v) is 6.33. The van der Waals surface area contributed by atoms with Crippen LogP contribution in [0.25, 0.3) is 0 Å². The third-order valence-electron chi connectivity index (χ3n) is 2.94. The molecule has 7 nitrogen and oxygen atoms in total. The Hall–Kier alpha value is -0.910. The van der Waals surface area contributed by atoms with Crippen molar-refractivity contribution in [3.8, 4) is 0 Å². The van der Waals surface area contributed by atoms with Gasteiger partial charge in [0.2, 0.25) is 0 Å². The van der Waals surface area contributed by atoms with Crippen molar-refractivity contribution >= 4 is 16.2 Å². The van der Waals surface area contributed by atoms with Crippen LogP contribution in [0.1, 0.15) is 12.8 Å². The molecule has 2 N–H and O–H groups in total. The average Bonchev–Trinajstić information content (AvgIpc) is 2.37. The molecule has 1 saturated heterocycles. The monoisotopic (exact) mass is 334 g/mol. The lowest BCUT2D eigenvalue weighted by atomic mass is 9.99. The fraction of sp³-hybridized carbons (Fsp3) is 0.900. The van der Waals surface area contributed by atoms with E-state index >= 15 is 0 Å². The van der Waals surface area contributed by atoms with Crippen molar-refractivity contribution in [2.75, 3.05) is 32.8 Å². The number of alkyl halides is 3. The van der Waals surface area contributed by atoms with Gasteiger partial charge in [0.25, 0.3) is 10.2 Å². The van der Waals surface area contributed by atoms with E-state index in [-0.39, 0.29) is 32.5 Å². The molecule has 1 fully saturated rings. The minimum atomic E-state index is -4.45. The van der Waals surface area contributed by atoms with Gasteiger partial charge in [0.1, 0.15) is 6.61 Å². The van der Waals surface area contributed by atoms with Crippen LogP contribution in [-0.4, -0.2) is 62.8 Å². The Balaban J connectivity index is 2.30. The van der Waals surface area contributed by atoms with E-state index < -0.39 is 41.5 Å². The molecular weight excluding hydrogens is 317 g/mol. The lowest BCUT2D eigenvalue weighted by Crippen LogP contribution is -2.46. The van der Waals surface area contributed by atoms with Crippen LogP contribution in [-0.2, 0) is 19.7 Å². The molecule has 0 atom stereocenters. The van der Waals surface area contributed by atoms with E-state index in [4.69, 9.17) is 5.11 Å². The molecule has 0 bridgehead atoms. The maximum Gasteiger partial charge on any atom is 0.411 e. The fourth-order valence-electron chi connectivity index (χ4n) is 1.87. The van der Waals surface area contributed by atoms with Crippen LogP contribution in [0.5, 0.6) is 0 Å². The number of nitrogens with zero attached hydrogens (tertiary/aromatic N) is 1. The topological polar surface area (TPSA) is 95.9 Å². The molecule has 21 heavy (non-hydrogen) atoms. The summed E-state index contributed by atoms with van der Waals surface area (Å²) < 4.78 is 66.5. The fourth-order valence-corrected chi connectivity index (χ4v) is 3.08. The summed E-state index contributed by atoms with van der Waals surface area (Å²) in [5.74, 6) is -1.52. The summed E-state index contributed by atoms with van der Waals surface area (Å²) in [6.07, 6.45) is -4.03.